The quantitative estimate of drug-likeness (QED) is 0.846. The van der Waals surface area contributed by atoms with E-state index in [1.165, 1.54) is 0 Å². The number of rotatable bonds is 6. The van der Waals surface area contributed by atoms with E-state index in [-0.39, 0.29) is 12.3 Å². The fraction of sp³-hybridized carbons (Fsp3) is 0.267. The zero-order valence-corrected chi connectivity index (χ0v) is 12.7. The number of pyridine rings is 1. The van der Waals surface area contributed by atoms with Crippen molar-refractivity contribution in [3.05, 3.63) is 65.0 Å². The summed E-state index contributed by atoms with van der Waals surface area (Å²) >= 11 is 0. The minimum absolute atomic E-state index is 0.0554. The van der Waals surface area contributed by atoms with Crippen molar-refractivity contribution in [2.45, 2.75) is 25.8 Å². The Morgan fingerprint density at radius 2 is 2.00 bits per heavy atom. The van der Waals surface area contributed by atoms with Crippen molar-refractivity contribution >= 4 is 10.0 Å². The minimum Gasteiger partial charge on any atom is -0.326 e. The predicted octanol–water partition coefficient (Wildman–Crippen LogP) is 1.47. The van der Waals surface area contributed by atoms with Gasteiger partial charge in [-0.15, -0.1) is 0 Å². The molecule has 0 bridgehead atoms. The number of benzene rings is 1. The highest BCUT2D eigenvalue weighted by molar-refractivity contribution is 7.88. The highest BCUT2D eigenvalue weighted by Gasteiger charge is 2.12. The summed E-state index contributed by atoms with van der Waals surface area (Å²) in [6.07, 6.45) is 3.36. The fourth-order valence-corrected chi connectivity index (χ4v) is 3.08. The van der Waals surface area contributed by atoms with Gasteiger partial charge in [-0.25, -0.2) is 13.1 Å². The Kier molecular flexibility index (Phi) is 5.06. The van der Waals surface area contributed by atoms with Crippen molar-refractivity contribution in [3.8, 4) is 0 Å². The Morgan fingerprint density at radius 3 is 2.71 bits per heavy atom. The molecule has 1 aromatic heterocycles. The molecule has 1 aromatic carbocycles. The lowest BCUT2D eigenvalue weighted by Gasteiger charge is -2.09. The fourth-order valence-electron chi connectivity index (χ4n) is 1.99. The molecule has 0 atom stereocenters. The number of nitrogens with two attached hydrogens (primary N) is 1. The van der Waals surface area contributed by atoms with Crippen molar-refractivity contribution in [2.24, 2.45) is 5.73 Å². The normalized spacial score (nSPS) is 11.5. The Balaban J connectivity index is 2.03. The van der Waals surface area contributed by atoms with Crippen LogP contribution in [0.5, 0.6) is 0 Å². The van der Waals surface area contributed by atoms with Gasteiger partial charge in [-0.3, -0.25) is 4.98 Å². The van der Waals surface area contributed by atoms with Crippen LogP contribution in [0, 0.1) is 6.92 Å². The number of hydrogen-bond donors (Lipinski definition) is 2. The van der Waals surface area contributed by atoms with Gasteiger partial charge >= 0.3 is 0 Å². The van der Waals surface area contributed by atoms with E-state index >= 15 is 0 Å². The molecule has 0 aliphatic carbocycles. The van der Waals surface area contributed by atoms with Gasteiger partial charge in [-0.1, -0.05) is 24.3 Å². The van der Waals surface area contributed by atoms with E-state index in [1.807, 2.05) is 31.2 Å². The third kappa shape index (κ3) is 4.63. The molecule has 6 heteroatoms. The molecule has 0 radical (unpaired) electrons. The topological polar surface area (TPSA) is 85.1 Å². The van der Waals surface area contributed by atoms with Crippen molar-refractivity contribution in [1.29, 1.82) is 0 Å². The van der Waals surface area contributed by atoms with E-state index in [9.17, 15) is 8.42 Å². The number of sulfonamides is 1. The van der Waals surface area contributed by atoms with Gasteiger partial charge in [0.2, 0.25) is 10.0 Å². The first-order valence-electron chi connectivity index (χ1n) is 6.65. The highest BCUT2D eigenvalue weighted by Crippen LogP contribution is 2.10. The van der Waals surface area contributed by atoms with Crippen LogP contribution in [-0.2, 0) is 28.9 Å². The van der Waals surface area contributed by atoms with E-state index in [1.54, 1.807) is 18.5 Å². The summed E-state index contributed by atoms with van der Waals surface area (Å²) in [5.41, 5.74) is 9.10. The summed E-state index contributed by atoms with van der Waals surface area (Å²) in [6.45, 7) is 2.57. The summed E-state index contributed by atoms with van der Waals surface area (Å²) in [5.74, 6) is -0.0554. The van der Waals surface area contributed by atoms with Crippen LogP contribution >= 0.6 is 0 Å². The first-order chi connectivity index (χ1) is 10.00. The van der Waals surface area contributed by atoms with Gasteiger partial charge in [0.05, 0.1) is 5.75 Å². The third-order valence-corrected chi connectivity index (χ3v) is 4.51. The molecule has 0 saturated carbocycles. The molecule has 0 aliphatic heterocycles. The maximum Gasteiger partial charge on any atom is 0.216 e. The van der Waals surface area contributed by atoms with E-state index in [4.69, 9.17) is 5.73 Å². The summed E-state index contributed by atoms with van der Waals surface area (Å²) in [4.78, 5) is 4.00. The maximum atomic E-state index is 12.1. The molecular formula is C15H19N3O2S. The SMILES string of the molecule is Cc1ccncc1CNS(=O)(=O)Cc1cccc(CN)c1. The molecule has 2 rings (SSSR count). The van der Waals surface area contributed by atoms with Crippen molar-refractivity contribution in [2.75, 3.05) is 0 Å². The number of nitrogens with one attached hydrogen (secondary N) is 1. The molecule has 2 aromatic rings. The Morgan fingerprint density at radius 1 is 1.24 bits per heavy atom. The molecule has 0 fully saturated rings. The molecular weight excluding hydrogens is 286 g/mol. The lowest BCUT2D eigenvalue weighted by molar-refractivity contribution is 0.580. The summed E-state index contributed by atoms with van der Waals surface area (Å²) in [7, 11) is -3.39. The standard InChI is InChI=1S/C15H19N3O2S/c1-12-5-6-17-9-15(12)10-18-21(19,20)11-14-4-2-3-13(7-14)8-16/h2-7,9,18H,8,10-11,16H2,1H3. The second-order valence-corrected chi connectivity index (χ2v) is 6.71. The maximum absolute atomic E-state index is 12.1. The van der Waals surface area contributed by atoms with Crippen LogP contribution < -0.4 is 10.5 Å². The summed E-state index contributed by atoms with van der Waals surface area (Å²) in [5, 5.41) is 0. The van der Waals surface area contributed by atoms with Gasteiger partial charge < -0.3 is 5.73 Å². The van der Waals surface area contributed by atoms with Crippen LogP contribution in [0.25, 0.3) is 0 Å². The van der Waals surface area contributed by atoms with E-state index < -0.39 is 10.0 Å². The molecule has 0 spiro atoms. The van der Waals surface area contributed by atoms with Gasteiger partial charge in [0.15, 0.2) is 0 Å². The molecule has 0 saturated heterocycles. The molecule has 1 heterocycles. The second-order valence-electron chi connectivity index (χ2n) is 4.91. The predicted molar refractivity (Wildman–Crippen MR) is 82.8 cm³/mol. The smallest absolute Gasteiger partial charge is 0.216 e. The highest BCUT2D eigenvalue weighted by atomic mass is 32.2. The zero-order chi connectivity index (χ0) is 15.3. The average Bonchev–Trinajstić information content (AvgIpc) is 2.46. The molecule has 3 N–H and O–H groups in total. The Labute approximate surface area is 125 Å². The molecule has 0 aliphatic rings. The third-order valence-electron chi connectivity index (χ3n) is 3.21. The van der Waals surface area contributed by atoms with Gasteiger partial charge in [0.25, 0.3) is 0 Å². The monoisotopic (exact) mass is 305 g/mol. The Hall–Kier alpha value is -1.76. The number of nitrogens with zero attached hydrogens (tertiary/aromatic N) is 1. The van der Waals surface area contributed by atoms with Gasteiger partial charge in [-0.05, 0) is 35.2 Å². The Bertz CT molecular complexity index is 714. The van der Waals surface area contributed by atoms with E-state index in [0.29, 0.717) is 6.54 Å². The number of aromatic nitrogens is 1. The zero-order valence-electron chi connectivity index (χ0n) is 11.9. The summed E-state index contributed by atoms with van der Waals surface area (Å²) in [6, 6.07) is 9.15. The molecule has 5 nitrogen and oxygen atoms in total. The molecule has 0 amide bonds. The van der Waals surface area contributed by atoms with Gasteiger partial charge in [0.1, 0.15) is 0 Å². The first-order valence-corrected chi connectivity index (χ1v) is 8.30. The van der Waals surface area contributed by atoms with Gasteiger partial charge in [-0.2, -0.15) is 0 Å². The lowest BCUT2D eigenvalue weighted by atomic mass is 10.1. The number of hydrogen-bond acceptors (Lipinski definition) is 4. The van der Waals surface area contributed by atoms with Crippen LogP contribution in [0.1, 0.15) is 22.3 Å². The second kappa shape index (κ2) is 6.80. The van der Waals surface area contributed by atoms with E-state index in [2.05, 4.69) is 9.71 Å². The van der Waals surface area contributed by atoms with Crippen LogP contribution in [0.2, 0.25) is 0 Å². The molecule has 21 heavy (non-hydrogen) atoms. The molecule has 0 unspecified atom stereocenters. The average molecular weight is 305 g/mol. The lowest BCUT2D eigenvalue weighted by Crippen LogP contribution is -2.25. The summed E-state index contributed by atoms with van der Waals surface area (Å²) < 4.78 is 26.8. The minimum atomic E-state index is -3.39. The van der Waals surface area contributed by atoms with Crippen LogP contribution in [0.4, 0.5) is 0 Å². The number of aryl methyl sites for hydroxylation is 1. The van der Waals surface area contributed by atoms with E-state index in [0.717, 1.165) is 22.3 Å². The molecule has 112 valence electrons. The van der Waals surface area contributed by atoms with Crippen molar-refractivity contribution < 1.29 is 8.42 Å². The van der Waals surface area contributed by atoms with Crippen LogP contribution in [0.15, 0.2) is 42.7 Å². The first kappa shape index (κ1) is 15.6. The van der Waals surface area contributed by atoms with Crippen molar-refractivity contribution in [1.82, 2.24) is 9.71 Å². The van der Waals surface area contributed by atoms with Crippen LogP contribution in [-0.4, -0.2) is 13.4 Å². The van der Waals surface area contributed by atoms with Crippen molar-refractivity contribution in [3.63, 3.8) is 0 Å². The van der Waals surface area contributed by atoms with Gasteiger partial charge in [0, 0.05) is 25.5 Å². The largest absolute Gasteiger partial charge is 0.326 e. The van der Waals surface area contributed by atoms with Crippen LogP contribution in [0.3, 0.4) is 0 Å².